The van der Waals surface area contributed by atoms with Crippen molar-refractivity contribution < 1.29 is 23.1 Å². The number of hydrogen-bond acceptors (Lipinski definition) is 5. The van der Waals surface area contributed by atoms with Gasteiger partial charge in [-0.2, -0.15) is 0 Å². The van der Waals surface area contributed by atoms with Crippen molar-refractivity contribution in [3.63, 3.8) is 0 Å². The monoisotopic (exact) mass is 607 g/mol. The van der Waals surface area contributed by atoms with Gasteiger partial charge in [-0.05, 0) is 40.5 Å². The molecule has 3 fully saturated rings. The zero-order valence-electron chi connectivity index (χ0n) is 25.5. The van der Waals surface area contributed by atoms with E-state index in [0.717, 1.165) is 41.5 Å². The average Bonchev–Trinajstić information content (AvgIpc) is 3.38. The molecule has 0 bridgehead atoms. The molecule has 4 aromatic carbocycles. The Hall–Kier alpha value is -3.18. The van der Waals surface area contributed by atoms with Crippen LogP contribution >= 0.6 is 8.25 Å². The molecule has 7 rings (SSSR count). The summed E-state index contributed by atoms with van der Waals surface area (Å²) in [4.78, 5) is 0. The maximum Gasteiger partial charge on any atom is 0.700 e. The maximum absolute atomic E-state index is 14.4. The van der Waals surface area contributed by atoms with Gasteiger partial charge >= 0.3 is 8.25 Å². The summed E-state index contributed by atoms with van der Waals surface area (Å²) in [5, 5.41) is 0. The van der Waals surface area contributed by atoms with E-state index in [2.05, 4.69) is 20.8 Å². The summed E-state index contributed by atoms with van der Waals surface area (Å²) in [6.07, 6.45) is 1.47. The van der Waals surface area contributed by atoms with E-state index in [4.69, 9.17) is 18.5 Å². The van der Waals surface area contributed by atoms with E-state index in [1.54, 1.807) is 0 Å². The number of fused-ring (bicyclic) bond motifs is 1. The van der Waals surface area contributed by atoms with Gasteiger partial charge in [-0.1, -0.05) is 158 Å². The quantitative estimate of drug-likeness (QED) is 0.212. The summed E-state index contributed by atoms with van der Waals surface area (Å²) in [5.74, 6) is 0.0268. The van der Waals surface area contributed by atoms with Crippen molar-refractivity contribution in [1.29, 1.82) is 0 Å². The molecule has 44 heavy (non-hydrogen) atoms. The van der Waals surface area contributed by atoms with E-state index in [0.29, 0.717) is 11.8 Å². The van der Waals surface area contributed by atoms with E-state index in [1.807, 2.05) is 121 Å². The zero-order chi connectivity index (χ0) is 30.4. The first-order valence-corrected chi connectivity index (χ1v) is 16.9. The Balaban J connectivity index is 1.56. The minimum Gasteiger partial charge on any atom is -0.340 e. The minimum absolute atomic E-state index is 0.160. The molecule has 5 nitrogen and oxygen atoms in total. The maximum atomic E-state index is 14.4. The van der Waals surface area contributed by atoms with Gasteiger partial charge in [0.15, 0.2) is 5.79 Å². The lowest BCUT2D eigenvalue weighted by molar-refractivity contribution is -0.259. The van der Waals surface area contributed by atoms with Gasteiger partial charge in [0.25, 0.3) is 0 Å². The van der Waals surface area contributed by atoms with Crippen LogP contribution < -0.4 is 0 Å². The van der Waals surface area contributed by atoms with Gasteiger partial charge in [-0.15, -0.1) is 0 Å². The number of ether oxygens (including phenoxy) is 2. The Bertz CT molecular complexity index is 1400. The molecular weight excluding hydrogens is 567 g/mol. The lowest BCUT2D eigenvalue weighted by atomic mass is 9.72. The highest BCUT2D eigenvalue weighted by Crippen LogP contribution is 2.63. The predicted molar refractivity (Wildman–Crippen MR) is 171 cm³/mol. The Kier molecular flexibility index (Phi) is 7.81. The molecule has 1 spiro atoms. The minimum atomic E-state index is -2.68. The van der Waals surface area contributed by atoms with Gasteiger partial charge in [-0.25, -0.2) is 0 Å². The molecular formula is C38H40O5P+. The number of benzene rings is 4. The smallest absolute Gasteiger partial charge is 0.340 e. The third kappa shape index (κ3) is 4.69. The van der Waals surface area contributed by atoms with Crippen molar-refractivity contribution in [3.05, 3.63) is 144 Å². The van der Waals surface area contributed by atoms with Crippen LogP contribution in [0, 0.1) is 17.8 Å². The van der Waals surface area contributed by atoms with Crippen LogP contribution in [0.25, 0.3) is 0 Å². The third-order valence-electron chi connectivity index (χ3n) is 9.95. The molecule has 0 radical (unpaired) electrons. The second-order valence-corrected chi connectivity index (χ2v) is 13.8. The summed E-state index contributed by atoms with van der Waals surface area (Å²) in [6.45, 7) is 6.80. The molecule has 226 valence electrons. The first-order valence-electron chi connectivity index (χ1n) is 15.8. The predicted octanol–water partition coefficient (Wildman–Crippen LogP) is 9.15. The fraction of sp³-hybridized carbons (Fsp3) is 0.368. The molecule has 1 aliphatic carbocycles. The normalized spacial score (nSPS) is 27.1. The Morgan fingerprint density at radius 3 is 1.32 bits per heavy atom. The summed E-state index contributed by atoms with van der Waals surface area (Å²) in [6, 6.07) is 40.1. The molecule has 0 amide bonds. The highest BCUT2D eigenvalue weighted by molar-refractivity contribution is 7.33. The van der Waals surface area contributed by atoms with Crippen molar-refractivity contribution in [2.45, 2.75) is 69.2 Å². The van der Waals surface area contributed by atoms with Crippen LogP contribution in [0.4, 0.5) is 0 Å². The molecule has 0 aromatic heterocycles. The fourth-order valence-electron chi connectivity index (χ4n) is 8.01. The highest BCUT2D eigenvalue weighted by atomic mass is 31.1. The van der Waals surface area contributed by atoms with Gasteiger partial charge in [0.1, 0.15) is 12.2 Å². The van der Waals surface area contributed by atoms with Crippen LogP contribution in [0.1, 0.15) is 62.3 Å². The van der Waals surface area contributed by atoms with Gasteiger partial charge in [0.2, 0.25) is 11.2 Å². The van der Waals surface area contributed by atoms with E-state index < -0.39 is 37.5 Å². The standard InChI is InChI=1S/C38H40O5P/c1-27(2)33-25-24-28(3)26-36(33)40-34-35(41-36)38(31-20-12-6-13-21-31,32-22-14-7-15-23-32)43-44(39)42-37(34,29-16-8-4-9-17-29)30-18-10-5-11-19-30/h4-23,27-28,33-35H,24-26H2,1-3H3/q+1/t28-,33+,34+,35+/m1/s1. The molecule has 2 heterocycles. The van der Waals surface area contributed by atoms with Gasteiger partial charge in [0, 0.05) is 16.9 Å². The SMILES string of the molecule is CC(C)[C@@H]1CC[C@@H](C)CC12O[C@H]1[C@H](O2)C(c2ccccc2)(c2ccccc2)O[P+](=O)OC1(c1ccccc1)c1ccccc1. The van der Waals surface area contributed by atoms with Crippen LogP contribution in [-0.4, -0.2) is 18.0 Å². The molecule has 0 N–H and O–H groups in total. The van der Waals surface area contributed by atoms with Crippen molar-refractivity contribution in [2.24, 2.45) is 17.8 Å². The van der Waals surface area contributed by atoms with Crippen LogP contribution in [0.5, 0.6) is 0 Å². The lowest BCUT2D eigenvalue weighted by Crippen LogP contribution is -2.53. The van der Waals surface area contributed by atoms with E-state index in [1.165, 1.54) is 0 Å². The molecule has 4 atom stereocenters. The molecule has 4 aromatic rings. The van der Waals surface area contributed by atoms with E-state index in [-0.39, 0.29) is 5.92 Å². The van der Waals surface area contributed by atoms with Gasteiger partial charge in [0.05, 0.1) is 0 Å². The van der Waals surface area contributed by atoms with Crippen LogP contribution in [-0.2, 0) is 34.3 Å². The third-order valence-corrected chi connectivity index (χ3v) is 10.8. The molecule has 2 aliphatic heterocycles. The fourth-order valence-corrected chi connectivity index (χ4v) is 9.15. The Morgan fingerprint density at radius 1 is 0.614 bits per heavy atom. The first kappa shape index (κ1) is 29.5. The zero-order valence-corrected chi connectivity index (χ0v) is 26.4. The molecule has 2 saturated heterocycles. The largest absolute Gasteiger partial charge is 0.700 e. The number of rotatable bonds is 5. The topological polar surface area (TPSA) is 54.0 Å². The van der Waals surface area contributed by atoms with E-state index in [9.17, 15) is 4.57 Å². The van der Waals surface area contributed by atoms with Crippen molar-refractivity contribution >= 4 is 8.25 Å². The summed E-state index contributed by atoms with van der Waals surface area (Å²) in [7, 11) is -2.68. The van der Waals surface area contributed by atoms with Crippen molar-refractivity contribution in [2.75, 3.05) is 0 Å². The van der Waals surface area contributed by atoms with Crippen LogP contribution in [0.2, 0.25) is 0 Å². The molecule has 1 saturated carbocycles. The molecule has 3 aliphatic rings. The van der Waals surface area contributed by atoms with Gasteiger partial charge < -0.3 is 9.47 Å². The molecule has 0 unspecified atom stereocenters. The number of hydrogen-bond donors (Lipinski definition) is 0. The Morgan fingerprint density at radius 2 is 0.977 bits per heavy atom. The lowest BCUT2D eigenvalue weighted by Gasteiger charge is -2.45. The van der Waals surface area contributed by atoms with Crippen LogP contribution in [0.3, 0.4) is 0 Å². The highest BCUT2D eigenvalue weighted by Gasteiger charge is 2.73. The van der Waals surface area contributed by atoms with Crippen LogP contribution in [0.15, 0.2) is 121 Å². The Labute approximate surface area is 261 Å². The second-order valence-electron chi connectivity index (χ2n) is 13.0. The summed E-state index contributed by atoms with van der Waals surface area (Å²) in [5.41, 5.74) is 0.813. The van der Waals surface area contributed by atoms with E-state index >= 15 is 0 Å². The summed E-state index contributed by atoms with van der Waals surface area (Å²) >= 11 is 0. The second kappa shape index (κ2) is 11.6. The van der Waals surface area contributed by atoms with Gasteiger partial charge in [-0.3, -0.25) is 0 Å². The molecule has 6 heteroatoms. The summed E-state index contributed by atoms with van der Waals surface area (Å²) < 4.78 is 43.1. The average molecular weight is 608 g/mol. The first-order chi connectivity index (χ1) is 21.4. The van der Waals surface area contributed by atoms with Crippen molar-refractivity contribution in [1.82, 2.24) is 0 Å². The van der Waals surface area contributed by atoms with Crippen molar-refractivity contribution in [3.8, 4) is 0 Å².